The Hall–Kier alpha value is -0.520. The number of rotatable bonds is 4. The van der Waals surface area contributed by atoms with E-state index >= 15 is 0 Å². The smallest absolute Gasteiger partial charge is 0.144 e. The van der Waals surface area contributed by atoms with Crippen molar-refractivity contribution in [2.24, 2.45) is 5.92 Å². The van der Waals surface area contributed by atoms with Crippen LogP contribution in [0.2, 0.25) is 0 Å². The van der Waals surface area contributed by atoms with Gasteiger partial charge in [0, 0.05) is 6.61 Å². The molecule has 0 aliphatic carbocycles. The Balaban J connectivity index is 2.13. The molecule has 2 nitrogen and oxygen atoms in total. The van der Waals surface area contributed by atoms with Crippen LogP contribution < -0.4 is 0 Å². The molecule has 1 fully saturated rings. The highest BCUT2D eigenvalue weighted by molar-refractivity contribution is 5.09. The Kier molecular flexibility index (Phi) is 2.92. The average molecular weight is 154 g/mol. The molecule has 3 atom stereocenters. The number of hydrogen-bond acceptors (Lipinski definition) is 2. The summed E-state index contributed by atoms with van der Waals surface area (Å²) in [6, 6.07) is 0. The molecule has 1 heterocycles. The zero-order valence-electron chi connectivity index (χ0n) is 6.79. The standard InChI is InChI=1S/C9H14O2/c1-3-8-9(11-8)7(2)5-4-6-10/h1,7-10H,4-6H2,2H3/t7-,8+,9+/m1/s1. The molecule has 1 aliphatic rings. The van der Waals surface area contributed by atoms with Crippen molar-refractivity contribution >= 4 is 0 Å². The van der Waals surface area contributed by atoms with Crippen LogP contribution in [-0.4, -0.2) is 23.9 Å². The summed E-state index contributed by atoms with van der Waals surface area (Å²) in [5.74, 6) is 3.05. The van der Waals surface area contributed by atoms with Crippen molar-refractivity contribution in [2.75, 3.05) is 6.61 Å². The monoisotopic (exact) mass is 154 g/mol. The van der Waals surface area contributed by atoms with E-state index in [9.17, 15) is 0 Å². The Morgan fingerprint density at radius 3 is 2.91 bits per heavy atom. The second-order valence-electron chi connectivity index (χ2n) is 3.03. The summed E-state index contributed by atoms with van der Waals surface area (Å²) in [4.78, 5) is 0. The quantitative estimate of drug-likeness (QED) is 0.480. The highest BCUT2D eigenvalue weighted by Crippen LogP contribution is 2.31. The highest BCUT2D eigenvalue weighted by Gasteiger charge is 2.40. The molecule has 0 saturated carbocycles. The van der Waals surface area contributed by atoms with Crippen LogP contribution in [0.5, 0.6) is 0 Å². The van der Waals surface area contributed by atoms with E-state index in [0.29, 0.717) is 5.92 Å². The molecule has 62 valence electrons. The van der Waals surface area contributed by atoms with E-state index in [1.807, 2.05) is 0 Å². The van der Waals surface area contributed by atoms with Crippen LogP contribution in [0.1, 0.15) is 19.8 Å². The molecule has 0 bridgehead atoms. The predicted molar refractivity (Wildman–Crippen MR) is 43.0 cm³/mol. The Bertz CT molecular complexity index is 159. The second kappa shape index (κ2) is 3.75. The lowest BCUT2D eigenvalue weighted by Crippen LogP contribution is -2.06. The van der Waals surface area contributed by atoms with E-state index in [4.69, 9.17) is 16.3 Å². The van der Waals surface area contributed by atoms with Gasteiger partial charge in [-0.3, -0.25) is 0 Å². The minimum atomic E-state index is 0.0451. The SMILES string of the molecule is C#C[C@@H]1O[C@H]1[C@H](C)CCCO. The van der Waals surface area contributed by atoms with Gasteiger partial charge in [0.05, 0.1) is 6.10 Å². The third-order valence-electron chi connectivity index (χ3n) is 2.07. The molecule has 0 spiro atoms. The van der Waals surface area contributed by atoms with E-state index in [-0.39, 0.29) is 18.8 Å². The van der Waals surface area contributed by atoms with Crippen molar-refractivity contribution in [1.29, 1.82) is 0 Å². The maximum absolute atomic E-state index is 8.56. The fourth-order valence-electron chi connectivity index (χ4n) is 1.27. The number of ether oxygens (including phenoxy) is 1. The summed E-state index contributed by atoms with van der Waals surface area (Å²) in [5.41, 5.74) is 0. The zero-order valence-corrected chi connectivity index (χ0v) is 6.79. The molecule has 0 aromatic carbocycles. The Labute approximate surface area is 67.6 Å². The maximum Gasteiger partial charge on any atom is 0.144 e. The van der Waals surface area contributed by atoms with E-state index in [2.05, 4.69) is 12.8 Å². The molecule has 11 heavy (non-hydrogen) atoms. The Morgan fingerprint density at radius 2 is 2.45 bits per heavy atom. The van der Waals surface area contributed by atoms with E-state index in [1.165, 1.54) is 0 Å². The van der Waals surface area contributed by atoms with Crippen molar-refractivity contribution < 1.29 is 9.84 Å². The molecule has 2 heteroatoms. The van der Waals surface area contributed by atoms with E-state index < -0.39 is 0 Å². The lowest BCUT2D eigenvalue weighted by Gasteiger charge is -2.04. The first-order valence-corrected chi connectivity index (χ1v) is 4.02. The van der Waals surface area contributed by atoms with Gasteiger partial charge in [-0.2, -0.15) is 0 Å². The van der Waals surface area contributed by atoms with Gasteiger partial charge in [-0.15, -0.1) is 6.42 Å². The van der Waals surface area contributed by atoms with E-state index in [0.717, 1.165) is 12.8 Å². The fourth-order valence-corrected chi connectivity index (χ4v) is 1.27. The van der Waals surface area contributed by atoms with Crippen molar-refractivity contribution in [1.82, 2.24) is 0 Å². The first kappa shape index (κ1) is 8.58. The number of terminal acetylenes is 1. The van der Waals surface area contributed by atoms with Crippen LogP contribution >= 0.6 is 0 Å². The fraction of sp³-hybridized carbons (Fsp3) is 0.778. The molecular formula is C9H14O2. The average Bonchev–Trinajstić information content (AvgIpc) is 2.78. The number of aliphatic hydroxyl groups excluding tert-OH is 1. The molecule has 0 radical (unpaired) electrons. The number of aliphatic hydroxyl groups is 1. The topological polar surface area (TPSA) is 32.8 Å². The number of epoxide rings is 1. The zero-order chi connectivity index (χ0) is 8.27. The first-order chi connectivity index (χ1) is 5.29. The predicted octanol–water partition coefficient (Wildman–Crippen LogP) is 0.796. The van der Waals surface area contributed by atoms with Gasteiger partial charge in [0.15, 0.2) is 0 Å². The lowest BCUT2D eigenvalue weighted by atomic mass is 10.0. The van der Waals surface area contributed by atoms with Crippen LogP contribution in [0.4, 0.5) is 0 Å². The molecular weight excluding hydrogens is 140 g/mol. The van der Waals surface area contributed by atoms with Gasteiger partial charge in [-0.1, -0.05) is 12.8 Å². The van der Waals surface area contributed by atoms with Crippen molar-refractivity contribution in [3.63, 3.8) is 0 Å². The maximum atomic E-state index is 8.56. The van der Waals surface area contributed by atoms with Gasteiger partial charge in [-0.05, 0) is 18.8 Å². The van der Waals surface area contributed by atoms with Crippen LogP contribution in [0, 0.1) is 18.3 Å². The molecule has 0 unspecified atom stereocenters. The summed E-state index contributed by atoms with van der Waals surface area (Å²) in [7, 11) is 0. The summed E-state index contributed by atoms with van der Waals surface area (Å²) in [6.45, 7) is 2.37. The Morgan fingerprint density at radius 1 is 1.73 bits per heavy atom. The van der Waals surface area contributed by atoms with Crippen molar-refractivity contribution in [3.8, 4) is 12.3 Å². The summed E-state index contributed by atoms with van der Waals surface area (Å²) < 4.78 is 5.21. The third-order valence-corrected chi connectivity index (χ3v) is 2.07. The summed E-state index contributed by atoms with van der Waals surface area (Å²) in [5, 5.41) is 8.56. The summed E-state index contributed by atoms with van der Waals surface area (Å²) >= 11 is 0. The normalized spacial score (nSPS) is 31.0. The van der Waals surface area contributed by atoms with Gasteiger partial charge >= 0.3 is 0 Å². The molecule has 0 amide bonds. The molecule has 0 aromatic rings. The minimum Gasteiger partial charge on any atom is -0.396 e. The van der Waals surface area contributed by atoms with Gasteiger partial charge in [0.25, 0.3) is 0 Å². The molecule has 1 aliphatic heterocycles. The lowest BCUT2D eigenvalue weighted by molar-refractivity contribution is 0.258. The van der Waals surface area contributed by atoms with Crippen LogP contribution in [0.15, 0.2) is 0 Å². The van der Waals surface area contributed by atoms with Gasteiger partial charge < -0.3 is 9.84 Å². The van der Waals surface area contributed by atoms with Crippen molar-refractivity contribution in [2.45, 2.75) is 32.0 Å². The first-order valence-electron chi connectivity index (χ1n) is 4.02. The molecule has 1 rings (SSSR count). The highest BCUT2D eigenvalue weighted by atomic mass is 16.6. The van der Waals surface area contributed by atoms with Crippen LogP contribution in [0.3, 0.4) is 0 Å². The number of hydrogen-bond donors (Lipinski definition) is 1. The molecule has 1 N–H and O–H groups in total. The molecule has 1 saturated heterocycles. The summed E-state index contributed by atoms with van der Waals surface area (Å²) in [6.07, 6.45) is 7.31. The molecule has 0 aromatic heterocycles. The van der Waals surface area contributed by atoms with Crippen LogP contribution in [0.25, 0.3) is 0 Å². The minimum absolute atomic E-state index is 0.0451. The van der Waals surface area contributed by atoms with Gasteiger partial charge in [0.1, 0.15) is 6.10 Å². The van der Waals surface area contributed by atoms with E-state index in [1.54, 1.807) is 0 Å². The van der Waals surface area contributed by atoms with Crippen LogP contribution in [-0.2, 0) is 4.74 Å². The largest absolute Gasteiger partial charge is 0.396 e. The van der Waals surface area contributed by atoms with Crippen molar-refractivity contribution in [3.05, 3.63) is 0 Å². The second-order valence-corrected chi connectivity index (χ2v) is 3.03. The third kappa shape index (κ3) is 2.21. The van der Waals surface area contributed by atoms with Gasteiger partial charge in [-0.25, -0.2) is 0 Å². The van der Waals surface area contributed by atoms with Gasteiger partial charge in [0.2, 0.25) is 0 Å².